The zero-order chi connectivity index (χ0) is 8.82. The molecule has 0 aromatic carbocycles. The Morgan fingerprint density at radius 1 is 1.50 bits per heavy atom. The highest BCUT2D eigenvalue weighted by atomic mass is 32.2. The highest BCUT2D eigenvalue weighted by molar-refractivity contribution is 7.91. The quantitative estimate of drug-likeness (QED) is 0.673. The molecule has 0 aromatic rings. The van der Waals surface area contributed by atoms with E-state index in [0.29, 0.717) is 24.0 Å². The van der Waals surface area contributed by atoms with Crippen molar-refractivity contribution < 1.29 is 8.42 Å². The Bertz CT molecular complexity index is 285. The van der Waals surface area contributed by atoms with Gasteiger partial charge < -0.3 is 5.73 Å². The van der Waals surface area contributed by atoms with Gasteiger partial charge in [-0.3, -0.25) is 0 Å². The molecule has 70 valence electrons. The molecule has 1 aliphatic carbocycles. The number of hydrogen-bond acceptors (Lipinski definition) is 3. The van der Waals surface area contributed by atoms with Gasteiger partial charge in [-0.2, -0.15) is 0 Å². The van der Waals surface area contributed by atoms with Gasteiger partial charge in [0, 0.05) is 0 Å². The highest BCUT2D eigenvalue weighted by Gasteiger charge is 2.58. The van der Waals surface area contributed by atoms with Crippen molar-refractivity contribution in [2.75, 3.05) is 18.1 Å². The van der Waals surface area contributed by atoms with Crippen molar-refractivity contribution in [1.29, 1.82) is 0 Å². The largest absolute Gasteiger partial charge is 0.330 e. The SMILES string of the molecule is NCCC1CC12CCS(=O)(=O)C2. The van der Waals surface area contributed by atoms with E-state index in [1.54, 1.807) is 0 Å². The lowest BCUT2D eigenvalue weighted by atomic mass is 10.0. The maximum absolute atomic E-state index is 11.2. The van der Waals surface area contributed by atoms with E-state index in [1.165, 1.54) is 0 Å². The van der Waals surface area contributed by atoms with Crippen molar-refractivity contribution in [3.05, 3.63) is 0 Å². The average molecular weight is 189 g/mol. The Kier molecular flexibility index (Phi) is 1.74. The lowest BCUT2D eigenvalue weighted by Gasteiger charge is -2.03. The molecule has 2 rings (SSSR count). The molecule has 12 heavy (non-hydrogen) atoms. The molecule has 4 heteroatoms. The van der Waals surface area contributed by atoms with Crippen LogP contribution in [0.1, 0.15) is 19.3 Å². The van der Waals surface area contributed by atoms with Crippen LogP contribution in [0.2, 0.25) is 0 Å². The Morgan fingerprint density at radius 3 is 2.75 bits per heavy atom. The van der Waals surface area contributed by atoms with Crippen LogP contribution >= 0.6 is 0 Å². The zero-order valence-corrected chi connectivity index (χ0v) is 7.94. The maximum Gasteiger partial charge on any atom is 0.150 e. The fourth-order valence-corrected chi connectivity index (χ4v) is 4.70. The molecule has 1 saturated heterocycles. The smallest absolute Gasteiger partial charge is 0.150 e. The molecule has 0 bridgehead atoms. The number of sulfone groups is 1. The lowest BCUT2D eigenvalue weighted by molar-refractivity contribution is 0.498. The Balaban J connectivity index is 2.02. The van der Waals surface area contributed by atoms with Crippen LogP contribution in [0.4, 0.5) is 0 Å². The molecule has 0 amide bonds. The van der Waals surface area contributed by atoms with Crippen LogP contribution < -0.4 is 5.73 Å². The Labute approximate surface area is 73.2 Å². The molecular weight excluding hydrogens is 174 g/mol. The van der Waals surface area contributed by atoms with E-state index in [9.17, 15) is 8.42 Å². The van der Waals surface area contributed by atoms with Gasteiger partial charge in [0.15, 0.2) is 9.84 Å². The van der Waals surface area contributed by atoms with Gasteiger partial charge in [0.25, 0.3) is 0 Å². The molecule has 2 aliphatic rings. The monoisotopic (exact) mass is 189 g/mol. The van der Waals surface area contributed by atoms with Crippen LogP contribution in [0.25, 0.3) is 0 Å². The van der Waals surface area contributed by atoms with Crippen molar-refractivity contribution in [3.8, 4) is 0 Å². The molecular formula is C8H15NO2S. The van der Waals surface area contributed by atoms with E-state index < -0.39 is 9.84 Å². The van der Waals surface area contributed by atoms with Crippen molar-refractivity contribution in [1.82, 2.24) is 0 Å². The number of hydrogen-bond donors (Lipinski definition) is 1. The van der Waals surface area contributed by atoms with Gasteiger partial charge in [0.05, 0.1) is 11.5 Å². The van der Waals surface area contributed by atoms with E-state index in [-0.39, 0.29) is 5.41 Å². The molecule has 0 aromatic heterocycles. The van der Waals surface area contributed by atoms with Crippen molar-refractivity contribution in [2.24, 2.45) is 17.1 Å². The summed E-state index contributed by atoms with van der Waals surface area (Å²) in [4.78, 5) is 0. The van der Waals surface area contributed by atoms with E-state index in [2.05, 4.69) is 0 Å². The second kappa shape index (κ2) is 2.45. The molecule has 2 atom stereocenters. The second-order valence-electron chi connectivity index (χ2n) is 4.18. The third kappa shape index (κ3) is 1.27. The van der Waals surface area contributed by atoms with Crippen LogP contribution in [0.3, 0.4) is 0 Å². The van der Waals surface area contributed by atoms with Crippen LogP contribution in [-0.2, 0) is 9.84 Å². The van der Waals surface area contributed by atoms with Gasteiger partial charge in [-0.1, -0.05) is 0 Å². The van der Waals surface area contributed by atoms with Gasteiger partial charge in [-0.15, -0.1) is 0 Å². The van der Waals surface area contributed by atoms with Crippen LogP contribution in [0, 0.1) is 11.3 Å². The van der Waals surface area contributed by atoms with Crippen molar-refractivity contribution in [2.45, 2.75) is 19.3 Å². The summed E-state index contributed by atoms with van der Waals surface area (Å²) in [5.41, 5.74) is 5.62. The van der Waals surface area contributed by atoms with Crippen LogP contribution in [-0.4, -0.2) is 26.5 Å². The molecule has 1 heterocycles. The third-order valence-corrected chi connectivity index (χ3v) is 5.13. The molecule has 2 unspecified atom stereocenters. The Hall–Kier alpha value is -0.0900. The highest BCUT2D eigenvalue weighted by Crippen LogP contribution is 2.60. The van der Waals surface area contributed by atoms with Gasteiger partial charge in [-0.25, -0.2) is 8.42 Å². The Morgan fingerprint density at radius 2 is 2.25 bits per heavy atom. The lowest BCUT2D eigenvalue weighted by Crippen LogP contribution is -2.09. The van der Waals surface area contributed by atoms with Gasteiger partial charge in [0.1, 0.15) is 0 Å². The van der Waals surface area contributed by atoms with Crippen molar-refractivity contribution in [3.63, 3.8) is 0 Å². The van der Waals surface area contributed by atoms with Crippen LogP contribution in [0.15, 0.2) is 0 Å². The molecule has 3 nitrogen and oxygen atoms in total. The van der Waals surface area contributed by atoms with Gasteiger partial charge in [-0.05, 0) is 37.1 Å². The summed E-state index contributed by atoms with van der Waals surface area (Å²) < 4.78 is 22.4. The maximum atomic E-state index is 11.2. The predicted octanol–water partition coefficient (Wildman–Crippen LogP) is 0.160. The summed E-state index contributed by atoms with van der Waals surface area (Å²) in [6.45, 7) is 0.701. The fraction of sp³-hybridized carbons (Fsp3) is 1.00. The first kappa shape index (κ1) is 8.51. The standard InChI is InChI=1S/C8H15NO2S/c9-3-1-7-5-8(7)2-4-12(10,11)6-8/h7H,1-6,9H2. The number of rotatable bonds is 2. The minimum absolute atomic E-state index is 0.179. The molecule has 1 saturated carbocycles. The molecule has 2 N–H and O–H groups in total. The third-order valence-electron chi connectivity index (χ3n) is 3.29. The van der Waals surface area contributed by atoms with E-state index in [1.807, 2.05) is 0 Å². The zero-order valence-electron chi connectivity index (χ0n) is 7.12. The van der Waals surface area contributed by atoms with Crippen LogP contribution in [0.5, 0.6) is 0 Å². The average Bonchev–Trinajstić information content (AvgIpc) is 2.50. The van der Waals surface area contributed by atoms with E-state index in [0.717, 1.165) is 19.3 Å². The summed E-state index contributed by atoms with van der Waals surface area (Å²) >= 11 is 0. The first-order valence-electron chi connectivity index (χ1n) is 4.48. The number of nitrogens with two attached hydrogens (primary N) is 1. The van der Waals surface area contributed by atoms with Gasteiger partial charge >= 0.3 is 0 Å². The summed E-state index contributed by atoms with van der Waals surface area (Å²) in [6.07, 6.45) is 3.00. The summed E-state index contributed by atoms with van der Waals surface area (Å²) in [7, 11) is -2.68. The second-order valence-corrected chi connectivity index (χ2v) is 6.37. The minimum Gasteiger partial charge on any atom is -0.330 e. The molecule has 1 spiro atoms. The normalized spacial score (nSPS) is 43.6. The fourth-order valence-electron chi connectivity index (χ4n) is 2.47. The first-order chi connectivity index (χ1) is 5.58. The predicted molar refractivity (Wildman–Crippen MR) is 47.5 cm³/mol. The van der Waals surface area contributed by atoms with Gasteiger partial charge in [0.2, 0.25) is 0 Å². The topological polar surface area (TPSA) is 60.2 Å². The molecule has 0 radical (unpaired) electrons. The molecule has 1 aliphatic heterocycles. The minimum atomic E-state index is -2.68. The molecule has 2 fully saturated rings. The summed E-state index contributed by atoms with van der Waals surface area (Å²) in [5.74, 6) is 1.46. The van der Waals surface area contributed by atoms with E-state index >= 15 is 0 Å². The summed E-state index contributed by atoms with van der Waals surface area (Å²) in [6, 6.07) is 0. The van der Waals surface area contributed by atoms with E-state index in [4.69, 9.17) is 5.73 Å². The van der Waals surface area contributed by atoms with Crippen molar-refractivity contribution >= 4 is 9.84 Å². The first-order valence-corrected chi connectivity index (χ1v) is 6.31. The summed E-state index contributed by atoms with van der Waals surface area (Å²) in [5, 5.41) is 0.